The van der Waals surface area contributed by atoms with Crippen molar-refractivity contribution < 1.29 is 12.6 Å². The molecule has 0 aliphatic heterocycles. The average molecular weight is 247 g/mol. The summed E-state index contributed by atoms with van der Waals surface area (Å²) < 4.78 is 25.9. The van der Waals surface area contributed by atoms with Crippen LogP contribution >= 0.6 is 0 Å². The third kappa shape index (κ3) is 2.26. The zero-order valence-corrected chi connectivity index (χ0v) is 10.8. The molecule has 0 radical (unpaired) electrons. The molecular formula is C11H21NO3S. The molecule has 0 saturated heterocycles. The lowest BCUT2D eigenvalue weighted by molar-refractivity contribution is -0.108. The van der Waals surface area contributed by atoms with Gasteiger partial charge in [0.1, 0.15) is 0 Å². The molecule has 0 spiro atoms. The normalized spacial score (nSPS) is 36.8. The Bertz CT molecular complexity index is 361. The largest absolute Gasteiger partial charge is 0.333 e. The van der Waals surface area contributed by atoms with Crippen LogP contribution in [0, 0.1) is 23.2 Å². The maximum atomic E-state index is 10.6. The van der Waals surface area contributed by atoms with Gasteiger partial charge >= 0.3 is 10.3 Å². The average Bonchev–Trinajstić information content (AvgIpc) is 2.15. The molecule has 0 aromatic carbocycles. The summed E-state index contributed by atoms with van der Waals surface area (Å²) in [7, 11) is -3.76. The van der Waals surface area contributed by atoms with Gasteiger partial charge in [0.25, 0.3) is 0 Å². The predicted molar refractivity (Wildman–Crippen MR) is 61.8 cm³/mol. The predicted octanol–water partition coefficient (Wildman–Crippen LogP) is 1.67. The Balaban J connectivity index is 1.83. The van der Waals surface area contributed by atoms with Crippen molar-refractivity contribution in [2.24, 2.45) is 28.3 Å². The lowest BCUT2D eigenvalue weighted by atomic mass is 9.45. The molecule has 3 saturated carbocycles. The molecule has 0 amide bonds. The third-order valence-electron chi connectivity index (χ3n) is 4.74. The SMILES string of the molecule is CC1(C)[C@H]2CC[C@@H](CCOS(N)(=O)=O)[C@@H]1C2. The Morgan fingerprint density at radius 2 is 2.06 bits per heavy atom. The number of hydrogen-bond acceptors (Lipinski definition) is 3. The van der Waals surface area contributed by atoms with Crippen LogP contribution in [0.15, 0.2) is 0 Å². The summed E-state index contributed by atoms with van der Waals surface area (Å²) in [5, 5.41) is 4.80. The second-order valence-electron chi connectivity index (χ2n) is 5.80. The Morgan fingerprint density at radius 1 is 1.38 bits per heavy atom. The Hall–Kier alpha value is -0.130. The van der Waals surface area contributed by atoms with E-state index in [1.165, 1.54) is 19.3 Å². The van der Waals surface area contributed by atoms with Crippen LogP contribution in [0.3, 0.4) is 0 Å². The highest BCUT2D eigenvalue weighted by Crippen LogP contribution is 2.61. The first kappa shape index (κ1) is 12.3. The molecule has 0 heterocycles. The third-order valence-corrected chi connectivity index (χ3v) is 5.23. The summed E-state index contributed by atoms with van der Waals surface area (Å²) in [6.07, 6.45) is 4.63. The number of nitrogens with two attached hydrogens (primary N) is 1. The topological polar surface area (TPSA) is 69.4 Å². The first-order valence-corrected chi connectivity index (χ1v) is 7.45. The van der Waals surface area contributed by atoms with Gasteiger partial charge in [-0.2, -0.15) is 8.42 Å². The van der Waals surface area contributed by atoms with Crippen LogP contribution in [0.25, 0.3) is 0 Å². The lowest BCUT2D eigenvalue weighted by Gasteiger charge is -2.60. The van der Waals surface area contributed by atoms with E-state index in [4.69, 9.17) is 5.14 Å². The second kappa shape index (κ2) is 3.96. The highest BCUT2D eigenvalue weighted by atomic mass is 32.2. The van der Waals surface area contributed by atoms with Crippen LogP contribution in [-0.2, 0) is 14.5 Å². The van der Waals surface area contributed by atoms with Crippen molar-refractivity contribution in [2.75, 3.05) is 6.61 Å². The molecule has 5 heteroatoms. The van der Waals surface area contributed by atoms with Crippen molar-refractivity contribution >= 4 is 10.3 Å². The minimum absolute atomic E-state index is 0.237. The Labute approximate surface area is 97.8 Å². The van der Waals surface area contributed by atoms with E-state index in [0.717, 1.165) is 18.3 Å². The van der Waals surface area contributed by atoms with Gasteiger partial charge in [-0.25, -0.2) is 5.14 Å². The highest BCUT2D eigenvalue weighted by Gasteiger charge is 2.53. The van der Waals surface area contributed by atoms with Gasteiger partial charge < -0.3 is 0 Å². The molecule has 94 valence electrons. The summed E-state index contributed by atoms with van der Waals surface area (Å²) in [6, 6.07) is 0. The standard InChI is InChI=1S/C11H21NO3S/c1-11(2)9-4-3-8(10(11)7-9)5-6-15-16(12,13)14/h8-10H,3-7H2,1-2H3,(H2,12,13,14)/t8-,9-,10-/m0/s1. The van der Waals surface area contributed by atoms with Crippen LogP contribution in [-0.4, -0.2) is 15.0 Å². The van der Waals surface area contributed by atoms with Crippen LogP contribution < -0.4 is 5.14 Å². The minimum Gasteiger partial charge on any atom is -0.258 e. The Kier molecular flexibility index (Phi) is 3.05. The zero-order valence-electron chi connectivity index (χ0n) is 9.98. The lowest BCUT2D eigenvalue weighted by Crippen LogP contribution is -2.52. The summed E-state index contributed by atoms with van der Waals surface area (Å²) in [4.78, 5) is 0. The summed E-state index contributed by atoms with van der Waals surface area (Å²) in [6.45, 7) is 4.90. The molecule has 16 heavy (non-hydrogen) atoms. The van der Waals surface area contributed by atoms with E-state index >= 15 is 0 Å². The zero-order chi connectivity index (χ0) is 12.0. The molecule has 3 fully saturated rings. The maximum absolute atomic E-state index is 10.6. The van der Waals surface area contributed by atoms with Crippen LogP contribution in [0.5, 0.6) is 0 Å². The molecule has 4 nitrogen and oxygen atoms in total. The smallest absolute Gasteiger partial charge is 0.258 e. The van der Waals surface area contributed by atoms with E-state index in [2.05, 4.69) is 18.0 Å². The van der Waals surface area contributed by atoms with E-state index in [0.29, 0.717) is 11.3 Å². The van der Waals surface area contributed by atoms with Gasteiger partial charge in [0.05, 0.1) is 6.61 Å². The van der Waals surface area contributed by atoms with E-state index in [1.807, 2.05) is 0 Å². The molecule has 0 unspecified atom stereocenters. The van der Waals surface area contributed by atoms with Crippen LogP contribution in [0.1, 0.15) is 39.5 Å². The Morgan fingerprint density at radius 3 is 2.56 bits per heavy atom. The minimum atomic E-state index is -3.76. The van der Waals surface area contributed by atoms with Crippen molar-refractivity contribution in [3.63, 3.8) is 0 Å². The van der Waals surface area contributed by atoms with Crippen molar-refractivity contribution in [1.29, 1.82) is 0 Å². The van der Waals surface area contributed by atoms with Gasteiger partial charge in [-0.05, 0) is 48.9 Å². The number of rotatable bonds is 4. The fourth-order valence-electron chi connectivity index (χ4n) is 3.62. The molecule has 2 bridgehead atoms. The molecule has 0 aromatic rings. The van der Waals surface area contributed by atoms with Crippen molar-refractivity contribution in [3.05, 3.63) is 0 Å². The first-order chi connectivity index (χ1) is 7.31. The van der Waals surface area contributed by atoms with Crippen LogP contribution in [0.2, 0.25) is 0 Å². The van der Waals surface area contributed by atoms with Gasteiger partial charge in [0, 0.05) is 0 Å². The molecule has 0 aromatic heterocycles. The highest BCUT2D eigenvalue weighted by molar-refractivity contribution is 7.84. The molecule has 3 rings (SSSR count). The van der Waals surface area contributed by atoms with Crippen molar-refractivity contribution in [2.45, 2.75) is 39.5 Å². The summed E-state index contributed by atoms with van der Waals surface area (Å²) in [5.74, 6) is 2.24. The van der Waals surface area contributed by atoms with Gasteiger partial charge in [-0.1, -0.05) is 13.8 Å². The van der Waals surface area contributed by atoms with Crippen LogP contribution in [0.4, 0.5) is 0 Å². The van der Waals surface area contributed by atoms with E-state index < -0.39 is 10.3 Å². The molecule has 3 atom stereocenters. The monoisotopic (exact) mass is 247 g/mol. The maximum Gasteiger partial charge on any atom is 0.333 e. The molecule has 3 aliphatic carbocycles. The van der Waals surface area contributed by atoms with Crippen molar-refractivity contribution in [3.8, 4) is 0 Å². The van der Waals surface area contributed by atoms with Gasteiger partial charge in [-0.15, -0.1) is 0 Å². The van der Waals surface area contributed by atoms with E-state index in [-0.39, 0.29) is 6.61 Å². The van der Waals surface area contributed by atoms with Gasteiger partial charge in [0.15, 0.2) is 0 Å². The van der Waals surface area contributed by atoms with E-state index in [9.17, 15) is 8.42 Å². The first-order valence-electron chi connectivity index (χ1n) is 5.98. The molecular weight excluding hydrogens is 226 g/mol. The second-order valence-corrected chi connectivity index (χ2v) is 7.02. The number of hydrogen-bond donors (Lipinski definition) is 1. The molecule has 3 aliphatic rings. The van der Waals surface area contributed by atoms with Crippen molar-refractivity contribution in [1.82, 2.24) is 0 Å². The fraction of sp³-hybridized carbons (Fsp3) is 1.00. The summed E-state index contributed by atoms with van der Waals surface area (Å²) in [5.41, 5.74) is 0.449. The van der Waals surface area contributed by atoms with Gasteiger partial charge in [-0.3, -0.25) is 4.18 Å². The summed E-state index contributed by atoms with van der Waals surface area (Å²) >= 11 is 0. The molecule has 2 N–H and O–H groups in total. The number of fused-ring (bicyclic) bond motifs is 2. The van der Waals surface area contributed by atoms with Gasteiger partial charge in [0.2, 0.25) is 0 Å². The quantitative estimate of drug-likeness (QED) is 0.821. The fourth-order valence-corrected chi connectivity index (χ4v) is 3.95. The van der Waals surface area contributed by atoms with E-state index in [1.54, 1.807) is 0 Å².